The van der Waals surface area contributed by atoms with Crippen LogP contribution in [0.4, 0.5) is 0 Å². The summed E-state index contributed by atoms with van der Waals surface area (Å²) in [6, 6.07) is 0. The van der Waals surface area contributed by atoms with E-state index >= 15 is 0 Å². The van der Waals surface area contributed by atoms with Crippen LogP contribution in [0.25, 0.3) is 0 Å². The molecule has 0 bridgehead atoms. The van der Waals surface area contributed by atoms with Crippen LogP contribution < -0.4 is 0 Å². The van der Waals surface area contributed by atoms with Crippen LogP contribution in [0.15, 0.2) is 12.2 Å². The van der Waals surface area contributed by atoms with Crippen LogP contribution in [0.2, 0.25) is 0 Å². The maximum atomic E-state index is 11.4. The van der Waals surface area contributed by atoms with E-state index in [2.05, 4.69) is 6.92 Å². The Morgan fingerprint density at radius 3 is 0.760 bits per heavy atom. The number of carbonyl (C=O) groups is 2. The first kappa shape index (κ1) is 46.4. The van der Waals surface area contributed by atoms with E-state index < -0.39 is 0 Å². The second-order valence-corrected chi connectivity index (χ2v) is 10.5. The van der Waals surface area contributed by atoms with Crippen LogP contribution in [0.1, 0.15) is 19.8 Å². The molecule has 0 saturated carbocycles. The first-order valence-electron chi connectivity index (χ1n) is 17.8. The molecule has 0 aromatic rings. The Morgan fingerprint density at radius 2 is 0.540 bits per heavy atom. The third kappa shape index (κ3) is 32.3. The van der Waals surface area contributed by atoms with Crippen molar-refractivity contribution >= 4 is 11.8 Å². The Bertz CT molecular complexity index is 759. The Labute approximate surface area is 298 Å². The van der Waals surface area contributed by atoms with Crippen molar-refractivity contribution in [1.29, 1.82) is 0 Å². The second-order valence-electron chi connectivity index (χ2n) is 10.5. The molecule has 0 aliphatic carbocycles. The number of imide groups is 1. The van der Waals surface area contributed by atoms with Crippen LogP contribution in [0.3, 0.4) is 0 Å². The molecule has 0 aromatic heterocycles. The quantitative estimate of drug-likeness (QED) is 0.0646. The maximum absolute atomic E-state index is 11.4. The zero-order chi connectivity index (χ0) is 35.8. The van der Waals surface area contributed by atoms with Crippen molar-refractivity contribution in [1.82, 2.24) is 4.90 Å². The number of carbonyl (C=O) groups excluding carboxylic acids is 2. The van der Waals surface area contributed by atoms with E-state index in [4.69, 9.17) is 61.6 Å². The molecule has 1 aliphatic heterocycles. The van der Waals surface area contributed by atoms with Gasteiger partial charge in [0.05, 0.1) is 172 Å². The average Bonchev–Trinajstić information content (AvgIpc) is 3.44. The molecule has 1 heterocycles. The van der Waals surface area contributed by atoms with Gasteiger partial charge in [0.15, 0.2) is 0 Å². The van der Waals surface area contributed by atoms with Crippen molar-refractivity contribution in [2.45, 2.75) is 19.8 Å². The van der Waals surface area contributed by atoms with E-state index in [-0.39, 0.29) is 25.0 Å². The molecule has 294 valence electrons. The number of rotatable bonds is 42. The van der Waals surface area contributed by atoms with Gasteiger partial charge in [-0.3, -0.25) is 14.5 Å². The first-order valence-corrected chi connectivity index (χ1v) is 17.8. The minimum atomic E-state index is -0.307. The van der Waals surface area contributed by atoms with Gasteiger partial charge in [-0.15, -0.1) is 0 Å². The molecule has 50 heavy (non-hydrogen) atoms. The number of hydrogen-bond acceptors (Lipinski definition) is 15. The van der Waals surface area contributed by atoms with Crippen molar-refractivity contribution in [3.63, 3.8) is 0 Å². The highest BCUT2D eigenvalue weighted by atomic mass is 16.6. The molecule has 0 aromatic carbocycles. The third-order valence-corrected chi connectivity index (χ3v) is 6.47. The predicted octanol–water partition coefficient (Wildman–Crippen LogP) is 0.927. The van der Waals surface area contributed by atoms with Crippen LogP contribution in [-0.2, 0) is 71.2 Å². The number of nitrogens with zero attached hydrogens (tertiary/aromatic N) is 1. The maximum Gasteiger partial charge on any atom is 0.253 e. The van der Waals surface area contributed by atoms with Crippen molar-refractivity contribution in [3.05, 3.63) is 12.2 Å². The summed E-state index contributed by atoms with van der Waals surface area (Å²) in [7, 11) is 0. The molecule has 0 spiro atoms. The SMILES string of the molecule is CCCCOCCOCCOCCOCCOCCOCCOCCOCCOCCOCCOCCOCCOCCN1C(=O)C=CC1=O. The van der Waals surface area contributed by atoms with Crippen LogP contribution in [0.5, 0.6) is 0 Å². The molecule has 16 nitrogen and oxygen atoms in total. The van der Waals surface area contributed by atoms with Crippen molar-refractivity contribution < 1.29 is 71.2 Å². The van der Waals surface area contributed by atoms with Crippen LogP contribution >= 0.6 is 0 Å². The lowest BCUT2D eigenvalue weighted by atomic mass is 10.4. The van der Waals surface area contributed by atoms with E-state index in [9.17, 15) is 9.59 Å². The summed E-state index contributed by atoms with van der Waals surface area (Å²) in [4.78, 5) is 23.9. The monoisotopic (exact) mass is 725 g/mol. The van der Waals surface area contributed by atoms with Gasteiger partial charge in [0.25, 0.3) is 11.8 Å². The lowest BCUT2D eigenvalue weighted by Crippen LogP contribution is -2.33. The molecule has 0 saturated heterocycles. The summed E-state index contributed by atoms with van der Waals surface area (Å²) in [6.07, 6.45) is 4.74. The number of amides is 2. The lowest BCUT2D eigenvalue weighted by molar-refractivity contribution is -0.137. The fourth-order valence-electron chi connectivity index (χ4n) is 3.79. The van der Waals surface area contributed by atoms with E-state index in [1.165, 1.54) is 12.2 Å². The van der Waals surface area contributed by atoms with E-state index in [0.29, 0.717) is 159 Å². The fraction of sp³-hybridized carbons (Fsp3) is 0.882. The average molecular weight is 726 g/mol. The normalized spacial score (nSPS) is 13.0. The van der Waals surface area contributed by atoms with Crippen LogP contribution in [0, 0.1) is 0 Å². The molecule has 1 aliphatic rings. The summed E-state index contributed by atoms with van der Waals surface area (Å²) in [6.45, 7) is 15.4. The Morgan fingerprint density at radius 1 is 0.340 bits per heavy atom. The topological polar surface area (TPSA) is 157 Å². The third-order valence-electron chi connectivity index (χ3n) is 6.47. The van der Waals surface area contributed by atoms with Gasteiger partial charge in [0.1, 0.15) is 0 Å². The molecule has 2 amide bonds. The van der Waals surface area contributed by atoms with Crippen molar-refractivity contribution in [2.24, 2.45) is 0 Å². The minimum absolute atomic E-state index is 0.239. The molecule has 0 radical (unpaired) electrons. The van der Waals surface area contributed by atoms with Gasteiger partial charge in [-0.05, 0) is 6.42 Å². The number of hydrogen-bond donors (Lipinski definition) is 0. The van der Waals surface area contributed by atoms with Gasteiger partial charge < -0.3 is 61.6 Å². The van der Waals surface area contributed by atoms with Gasteiger partial charge >= 0.3 is 0 Å². The van der Waals surface area contributed by atoms with Gasteiger partial charge in [-0.1, -0.05) is 13.3 Å². The van der Waals surface area contributed by atoms with Crippen molar-refractivity contribution in [2.75, 3.05) is 178 Å². The van der Waals surface area contributed by atoms with Gasteiger partial charge in [-0.25, -0.2) is 0 Å². The Kier molecular flexibility index (Phi) is 35.8. The second kappa shape index (κ2) is 38.6. The molecule has 0 N–H and O–H groups in total. The summed E-state index contributed by atoms with van der Waals surface area (Å²) >= 11 is 0. The zero-order valence-electron chi connectivity index (χ0n) is 30.2. The van der Waals surface area contributed by atoms with Gasteiger partial charge in [0.2, 0.25) is 0 Å². The van der Waals surface area contributed by atoms with Crippen LogP contribution in [-0.4, -0.2) is 195 Å². The molecular formula is C34H63NO15. The summed E-state index contributed by atoms with van der Waals surface area (Å²) in [5.74, 6) is -0.614. The highest BCUT2D eigenvalue weighted by molar-refractivity contribution is 6.12. The van der Waals surface area contributed by atoms with E-state index in [1.54, 1.807) is 0 Å². The molecule has 0 atom stereocenters. The Balaban J connectivity index is 1.61. The summed E-state index contributed by atoms with van der Waals surface area (Å²) in [5.41, 5.74) is 0. The number of unbranched alkanes of at least 4 members (excludes halogenated alkanes) is 1. The molecule has 0 fully saturated rings. The summed E-state index contributed by atoms with van der Waals surface area (Å²) < 4.78 is 70.8. The lowest BCUT2D eigenvalue weighted by Gasteiger charge is -2.13. The molecule has 16 heteroatoms. The standard InChI is InChI=1S/C34H63NO15/c1-2-3-7-38-9-11-40-13-15-42-17-19-44-21-23-46-25-27-48-29-31-50-32-30-49-28-26-47-24-22-45-20-18-43-16-14-41-12-10-39-8-6-35-33(36)4-5-34(35)37/h4-5H,2-3,6-32H2,1H3. The molecular weight excluding hydrogens is 662 g/mol. The van der Waals surface area contributed by atoms with Crippen molar-refractivity contribution in [3.8, 4) is 0 Å². The largest absolute Gasteiger partial charge is 0.379 e. The zero-order valence-corrected chi connectivity index (χ0v) is 30.2. The highest BCUT2D eigenvalue weighted by Gasteiger charge is 2.22. The summed E-state index contributed by atoms with van der Waals surface area (Å²) in [5, 5.41) is 0. The van der Waals surface area contributed by atoms with Gasteiger partial charge in [-0.2, -0.15) is 0 Å². The van der Waals surface area contributed by atoms with E-state index in [0.717, 1.165) is 24.3 Å². The highest BCUT2D eigenvalue weighted by Crippen LogP contribution is 2.02. The predicted molar refractivity (Wildman–Crippen MR) is 181 cm³/mol. The molecule has 1 rings (SSSR count). The first-order chi connectivity index (χ1) is 24.8. The van der Waals surface area contributed by atoms with Gasteiger partial charge in [0, 0.05) is 18.8 Å². The van der Waals surface area contributed by atoms with E-state index in [1.807, 2.05) is 0 Å². The fourth-order valence-corrected chi connectivity index (χ4v) is 3.79. The Hall–Kier alpha value is -1.64. The smallest absolute Gasteiger partial charge is 0.253 e. The number of ether oxygens (including phenoxy) is 13. The minimum Gasteiger partial charge on any atom is -0.379 e. The molecule has 0 unspecified atom stereocenters.